The molecule has 116 valence electrons. The molecule has 6 nitrogen and oxygen atoms in total. The standard InChI is InChI=1S/C7H7FN2O.C7H6FNO2/c2*8-4-2-1-3-5(9)6(4)7(10)11/h1-3H,9H2,(H2,10,11);1-3H,9H2,(H,10,11). The third-order valence-electron chi connectivity index (χ3n) is 2.55. The Bertz CT molecular complexity index is 618. The number of amides is 1. The van der Waals surface area contributed by atoms with Gasteiger partial charge in [0, 0.05) is 11.4 Å². The van der Waals surface area contributed by atoms with E-state index in [4.69, 9.17) is 22.3 Å². The van der Waals surface area contributed by atoms with Crippen molar-refractivity contribution in [2.24, 2.45) is 5.73 Å². The zero-order valence-corrected chi connectivity index (χ0v) is 11.2. The van der Waals surface area contributed by atoms with Crippen LogP contribution < -0.4 is 17.2 Å². The number of benzene rings is 2. The molecule has 0 unspecified atom stereocenters. The monoisotopic (exact) mass is 309 g/mol. The van der Waals surface area contributed by atoms with Crippen molar-refractivity contribution in [3.8, 4) is 0 Å². The average molecular weight is 309 g/mol. The molecule has 0 saturated heterocycles. The molecule has 0 aliphatic rings. The second kappa shape index (κ2) is 7.02. The van der Waals surface area contributed by atoms with E-state index in [2.05, 4.69) is 0 Å². The number of nitrogen functional groups attached to an aromatic ring is 2. The third-order valence-corrected chi connectivity index (χ3v) is 2.55. The number of anilines is 2. The summed E-state index contributed by atoms with van der Waals surface area (Å²) in [4.78, 5) is 20.9. The summed E-state index contributed by atoms with van der Waals surface area (Å²) in [6.45, 7) is 0. The molecule has 0 heterocycles. The Kier molecular flexibility index (Phi) is 5.39. The van der Waals surface area contributed by atoms with Gasteiger partial charge in [0.25, 0.3) is 5.91 Å². The van der Waals surface area contributed by atoms with Crippen molar-refractivity contribution in [3.63, 3.8) is 0 Å². The molecule has 0 bridgehead atoms. The summed E-state index contributed by atoms with van der Waals surface area (Å²) in [6, 6.07) is 7.72. The van der Waals surface area contributed by atoms with Crippen LogP contribution in [0, 0.1) is 11.6 Å². The summed E-state index contributed by atoms with van der Waals surface area (Å²) >= 11 is 0. The molecule has 0 aliphatic heterocycles. The quantitative estimate of drug-likeness (QED) is 0.626. The van der Waals surface area contributed by atoms with Crippen LogP contribution in [-0.2, 0) is 0 Å². The van der Waals surface area contributed by atoms with Gasteiger partial charge in [-0.15, -0.1) is 0 Å². The van der Waals surface area contributed by atoms with Gasteiger partial charge >= 0.3 is 5.97 Å². The Morgan fingerprint density at radius 2 is 1.27 bits per heavy atom. The Balaban J connectivity index is 0.000000220. The minimum atomic E-state index is -1.35. The van der Waals surface area contributed by atoms with Crippen LogP contribution in [-0.4, -0.2) is 17.0 Å². The van der Waals surface area contributed by atoms with Crippen molar-refractivity contribution in [2.45, 2.75) is 0 Å². The van der Waals surface area contributed by atoms with E-state index in [1.807, 2.05) is 0 Å². The summed E-state index contributed by atoms with van der Waals surface area (Å²) in [5.74, 6) is -3.68. The maximum absolute atomic E-state index is 12.7. The number of carboxylic acid groups (broad SMARTS) is 1. The van der Waals surface area contributed by atoms with Gasteiger partial charge in [-0.1, -0.05) is 12.1 Å². The molecule has 7 N–H and O–H groups in total. The lowest BCUT2D eigenvalue weighted by Gasteiger charge is -2.00. The molecule has 2 rings (SSSR count). The number of rotatable bonds is 2. The topological polar surface area (TPSA) is 132 Å². The summed E-state index contributed by atoms with van der Waals surface area (Å²) in [5, 5.41) is 8.43. The normalized spacial score (nSPS) is 9.55. The lowest BCUT2D eigenvalue weighted by molar-refractivity contribution is 0.0693. The third kappa shape index (κ3) is 3.92. The highest BCUT2D eigenvalue weighted by Crippen LogP contribution is 2.15. The van der Waals surface area contributed by atoms with Gasteiger partial charge in [-0.2, -0.15) is 0 Å². The van der Waals surface area contributed by atoms with Crippen molar-refractivity contribution >= 4 is 23.3 Å². The minimum Gasteiger partial charge on any atom is -0.478 e. The van der Waals surface area contributed by atoms with Crippen molar-refractivity contribution in [3.05, 3.63) is 59.2 Å². The fourth-order valence-corrected chi connectivity index (χ4v) is 1.57. The van der Waals surface area contributed by atoms with Crippen molar-refractivity contribution in [1.29, 1.82) is 0 Å². The summed E-state index contributed by atoms with van der Waals surface area (Å²) < 4.78 is 25.4. The number of carbonyl (C=O) groups is 2. The first-order chi connectivity index (χ1) is 10.3. The van der Waals surface area contributed by atoms with Gasteiger partial charge in [0.15, 0.2) is 0 Å². The van der Waals surface area contributed by atoms with Gasteiger partial charge in [0.1, 0.15) is 17.2 Å². The van der Waals surface area contributed by atoms with Crippen LogP contribution in [0.3, 0.4) is 0 Å². The van der Waals surface area contributed by atoms with E-state index in [0.717, 1.165) is 12.1 Å². The second-order valence-corrected chi connectivity index (χ2v) is 4.08. The van der Waals surface area contributed by atoms with Crippen LogP contribution in [0.5, 0.6) is 0 Å². The van der Waals surface area contributed by atoms with E-state index < -0.39 is 29.1 Å². The summed E-state index contributed by atoms with van der Waals surface area (Å²) in [5.41, 5.74) is 14.6. The average Bonchev–Trinajstić information content (AvgIpc) is 2.38. The number of halogens is 2. The van der Waals surface area contributed by atoms with Gasteiger partial charge in [0.05, 0.1) is 5.56 Å². The highest BCUT2D eigenvalue weighted by Gasteiger charge is 2.12. The maximum Gasteiger partial charge on any atom is 0.340 e. The lowest BCUT2D eigenvalue weighted by atomic mass is 10.1. The van der Waals surface area contributed by atoms with E-state index in [9.17, 15) is 18.4 Å². The second-order valence-electron chi connectivity index (χ2n) is 4.08. The fourth-order valence-electron chi connectivity index (χ4n) is 1.57. The number of carbonyl (C=O) groups excluding carboxylic acids is 1. The number of hydrogen-bond acceptors (Lipinski definition) is 4. The molecule has 0 aromatic heterocycles. The fraction of sp³-hybridized carbons (Fsp3) is 0. The van der Waals surface area contributed by atoms with Crippen LogP contribution in [0.15, 0.2) is 36.4 Å². The molecule has 2 aromatic rings. The molecule has 0 aliphatic carbocycles. The van der Waals surface area contributed by atoms with Crippen LogP contribution >= 0.6 is 0 Å². The first kappa shape index (κ1) is 16.9. The zero-order valence-electron chi connectivity index (χ0n) is 11.2. The van der Waals surface area contributed by atoms with Crippen LogP contribution in [0.2, 0.25) is 0 Å². The number of hydrogen-bond donors (Lipinski definition) is 4. The predicted molar refractivity (Wildman–Crippen MR) is 77.1 cm³/mol. The van der Waals surface area contributed by atoms with Crippen LogP contribution in [0.25, 0.3) is 0 Å². The van der Waals surface area contributed by atoms with E-state index in [1.165, 1.54) is 24.3 Å². The maximum atomic E-state index is 12.7. The molecular formula is C14H13F2N3O3. The first-order valence-electron chi connectivity index (χ1n) is 5.86. The smallest absolute Gasteiger partial charge is 0.340 e. The molecule has 22 heavy (non-hydrogen) atoms. The number of nitrogens with two attached hydrogens (primary N) is 3. The van der Waals surface area contributed by atoms with E-state index in [1.54, 1.807) is 0 Å². The van der Waals surface area contributed by atoms with Crippen molar-refractivity contribution in [1.82, 2.24) is 0 Å². The Labute approximate surface area is 124 Å². The van der Waals surface area contributed by atoms with Crippen molar-refractivity contribution < 1.29 is 23.5 Å². The Morgan fingerprint density at radius 1 is 0.864 bits per heavy atom. The highest BCUT2D eigenvalue weighted by atomic mass is 19.1. The largest absolute Gasteiger partial charge is 0.478 e. The zero-order chi connectivity index (χ0) is 16.9. The highest BCUT2D eigenvalue weighted by molar-refractivity contribution is 5.98. The molecular weight excluding hydrogens is 296 g/mol. The van der Waals surface area contributed by atoms with Gasteiger partial charge in [0.2, 0.25) is 0 Å². The van der Waals surface area contributed by atoms with E-state index >= 15 is 0 Å². The van der Waals surface area contributed by atoms with Crippen LogP contribution in [0.4, 0.5) is 20.2 Å². The van der Waals surface area contributed by atoms with Gasteiger partial charge in [-0.3, -0.25) is 4.79 Å². The Morgan fingerprint density at radius 3 is 1.50 bits per heavy atom. The molecule has 0 saturated carbocycles. The number of carboxylic acids is 1. The molecule has 0 radical (unpaired) electrons. The molecule has 0 spiro atoms. The van der Waals surface area contributed by atoms with Gasteiger partial charge < -0.3 is 22.3 Å². The van der Waals surface area contributed by atoms with Crippen LogP contribution in [0.1, 0.15) is 20.7 Å². The minimum absolute atomic E-state index is 0.0579. The Hall–Kier alpha value is -3.16. The van der Waals surface area contributed by atoms with Gasteiger partial charge in [-0.05, 0) is 24.3 Å². The summed E-state index contributed by atoms with van der Waals surface area (Å²) in [6.07, 6.45) is 0. The summed E-state index contributed by atoms with van der Waals surface area (Å²) in [7, 11) is 0. The number of aromatic carboxylic acids is 1. The van der Waals surface area contributed by atoms with E-state index in [0.29, 0.717) is 0 Å². The molecule has 0 fully saturated rings. The van der Waals surface area contributed by atoms with Gasteiger partial charge in [-0.25, -0.2) is 13.6 Å². The lowest BCUT2D eigenvalue weighted by Crippen LogP contribution is -2.15. The first-order valence-corrected chi connectivity index (χ1v) is 5.86. The predicted octanol–water partition coefficient (Wildman–Crippen LogP) is 1.61. The van der Waals surface area contributed by atoms with E-state index in [-0.39, 0.29) is 16.9 Å². The van der Waals surface area contributed by atoms with Crippen molar-refractivity contribution in [2.75, 3.05) is 11.5 Å². The molecule has 2 aromatic carbocycles. The molecule has 1 amide bonds. The SMILES string of the molecule is NC(=O)c1c(N)cccc1F.Nc1cccc(F)c1C(=O)O. The molecule has 8 heteroatoms. The molecule has 0 atom stereocenters. The number of primary amides is 1.